The molecule has 1 aliphatic rings. The van der Waals surface area contributed by atoms with E-state index in [1.165, 1.54) is 13.3 Å². The van der Waals surface area contributed by atoms with Gasteiger partial charge in [0.15, 0.2) is 16.6 Å². The third kappa shape index (κ3) is 2.51. The summed E-state index contributed by atoms with van der Waals surface area (Å²) in [6, 6.07) is 3.67. The molecule has 1 fully saturated rings. The fourth-order valence-corrected chi connectivity index (χ4v) is 3.60. The van der Waals surface area contributed by atoms with Crippen LogP contribution in [0.15, 0.2) is 12.1 Å². The summed E-state index contributed by atoms with van der Waals surface area (Å²) in [5, 5.41) is 18.5. The van der Waals surface area contributed by atoms with Crippen LogP contribution in [0.3, 0.4) is 0 Å². The number of aryl methyl sites for hydroxylation is 1. The molecule has 25 heavy (non-hydrogen) atoms. The predicted molar refractivity (Wildman–Crippen MR) is 95.3 cm³/mol. The number of hydrogen-bond donors (Lipinski definition) is 1. The van der Waals surface area contributed by atoms with Crippen molar-refractivity contribution in [2.24, 2.45) is 0 Å². The standard InChI is InChI=1S/C18H19ClN4O2/c1-3-10-7-14-13(8-12(10)15(25)9(2)24)20-16(19)18-22-21-17(23(14)18)11-5-4-6-11/h7-9,11,24H,3-6H2,1-2H3. The number of benzene rings is 1. The SMILES string of the molecule is CCc1cc2c(cc1C(=O)C(C)O)nc(Cl)c1nnc(C3CCC3)n12. The van der Waals surface area contributed by atoms with Gasteiger partial charge in [0.1, 0.15) is 11.9 Å². The molecule has 7 heteroatoms. The van der Waals surface area contributed by atoms with Crippen molar-refractivity contribution in [3.63, 3.8) is 0 Å². The van der Waals surface area contributed by atoms with Gasteiger partial charge in [-0.1, -0.05) is 24.9 Å². The van der Waals surface area contributed by atoms with Crippen LogP contribution in [0.2, 0.25) is 5.15 Å². The topological polar surface area (TPSA) is 80.4 Å². The van der Waals surface area contributed by atoms with E-state index in [1.807, 2.05) is 17.4 Å². The smallest absolute Gasteiger partial charge is 0.199 e. The predicted octanol–water partition coefficient (Wildman–Crippen LogP) is 3.32. The molecule has 0 saturated heterocycles. The van der Waals surface area contributed by atoms with Crippen molar-refractivity contribution in [3.8, 4) is 0 Å². The second-order valence-electron chi connectivity index (χ2n) is 6.64. The zero-order valence-electron chi connectivity index (χ0n) is 14.2. The highest BCUT2D eigenvalue weighted by molar-refractivity contribution is 6.32. The number of hydrogen-bond acceptors (Lipinski definition) is 5. The van der Waals surface area contributed by atoms with Crippen LogP contribution in [0.25, 0.3) is 16.7 Å². The van der Waals surface area contributed by atoms with E-state index in [0.717, 1.165) is 29.7 Å². The van der Waals surface area contributed by atoms with Crippen LogP contribution >= 0.6 is 11.6 Å². The van der Waals surface area contributed by atoms with E-state index in [-0.39, 0.29) is 10.9 Å². The Labute approximate surface area is 149 Å². The first kappa shape index (κ1) is 16.4. The maximum absolute atomic E-state index is 12.4. The molecule has 1 aromatic carbocycles. The molecule has 6 nitrogen and oxygen atoms in total. The lowest BCUT2D eigenvalue weighted by molar-refractivity contribution is 0.0778. The highest BCUT2D eigenvalue weighted by Gasteiger charge is 2.27. The summed E-state index contributed by atoms with van der Waals surface area (Å²) in [7, 11) is 0. The van der Waals surface area contributed by atoms with Gasteiger partial charge in [0.25, 0.3) is 0 Å². The molecular formula is C18H19ClN4O2. The Balaban J connectivity index is 2.04. The normalized spacial score (nSPS) is 16.3. The third-order valence-corrected chi connectivity index (χ3v) is 5.28. The van der Waals surface area contributed by atoms with E-state index >= 15 is 0 Å². The lowest BCUT2D eigenvalue weighted by atomic mass is 9.85. The van der Waals surface area contributed by atoms with E-state index in [1.54, 1.807) is 6.07 Å². The van der Waals surface area contributed by atoms with Crippen molar-refractivity contribution < 1.29 is 9.90 Å². The summed E-state index contributed by atoms with van der Waals surface area (Å²) in [6.07, 6.45) is 3.02. The first-order chi connectivity index (χ1) is 12.0. The molecule has 1 atom stereocenters. The molecule has 0 amide bonds. The van der Waals surface area contributed by atoms with E-state index in [0.29, 0.717) is 29.1 Å². The first-order valence-electron chi connectivity index (χ1n) is 8.60. The van der Waals surface area contributed by atoms with Gasteiger partial charge in [0.2, 0.25) is 0 Å². The Bertz CT molecular complexity index is 992. The van der Waals surface area contributed by atoms with Gasteiger partial charge in [0.05, 0.1) is 11.0 Å². The van der Waals surface area contributed by atoms with Crippen LogP contribution in [0.4, 0.5) is 0 Å². The molecule has 1 unspecified atom stereocenters. The molecule has 4 rings (SSSR count). The minimum atomic E-state index is -1.05. The molecule has 0 radical (unpaired) electrons. The summed E-state index contributed by atoms with van der Waals surface area (Å²) >= 11 is 6.31. The monoisotopic (exact) mass is 358 g/mol. The molecule has 3 aromatic rings. The number of rotatable bonds is 4. The number of carbonyl (C=O) groups excluding carboxylic acids is 1. The second-order valence-corrected chi connectivity index (χ2v) is 7.00. The van der Waals surface area contributed by atoms with Crippen LogP contribution in [0, 0.1) is 0 Å². The highest BCUT2D eigenvalue weighted by atomic mass is 35.5. The summed E-state index contributed by atoms with van der Waals surface area (Å²) in [5.41, 5.74) is 3.38. The Kier molecular flexibility index (Phi) is 3.96. The van der Waals surface area contributed by atoms with Crippen molar-refractivity contribution in [3.05, 3.63) is 34.2 Å². The maximum Gasteiger partial charge on any atom is 0.199 e. The van der Waals surface area contributed by atoms with Crippen molar-refractivity contribution >= 4 is 34.1 Å². The summed E-state index contributed by atoms with van der Waals surface area (Å²) in [4.78, 5) is 16.8. The average Bonchev–Trinajstić information content (AvgIpc) is 2.97. The number of halogens is 1. The molecule has 0 spiro atoms. The molecule has 2 aromatic heterocycles. The minimum Gasteiger partial charge on any atom is -0.385 e. The molecule has 1 aliphatic carbocycles. The van der Waals surface area contributed by atoms with E-state index in [2.05, 4.69) is 15.2 Å². The van der Waals surface area contributed by atoms with Gasteiger partial charge < -0.3 is 5.11 Å². The first-order valence-corrected chi connectivity index (χ1v) is 8.98. The Morgan fingerprint density at radius 3 is 2.76 bits per heavy atom. The number of Topliss-reactive ketones (excluding diaryl/α,β-unsaturated/α-hetero) is 1. The molecular weight excluding hydrogens is 340 g/mol. The lowest BCUT2D eigenvalue weighted by Gasteiger charge is -2.24. The van der Waals surface area contributed by atoms with E-state index < -0.39 is 6.10 Å². The van der Waals surface area contributed by atoms with Gasteiger partial charge in [-0.15, -0.1) is 10.2 Å². The Morgan fingerprint density at radius 2 is 2.16 bits per heavy atom. The van der Waals surface area contributed by atoms with Gasteiger partial charge in [-0.3, -0.25) is 9.20 Å². The van der Waals surface area contributed by atoms with Crippen LogP contribution < -0.4 is 0 Å². The van der Waals surface area contributed by atoms with Gasteiger partial charge in [-0.25, -0.2) is 4.98 Å². The maximum atomic E-state index is 12.4. The number of carbonyl (C=O) groups is 1. The van der Waals surface area contributed by atoms with Crippen LogP contribution in [0.5, 0.6) is 0 Å². The van der Waals surface area contributed by atoms with E-state index in [4.69, 9.17) is 11.6 Å². The quantitative estimate of drug-likeness (QED) is 0.723. The minimum absolute atomic E-state index is 0.269. The van der Waals surface area contributed by atoms with Gasteiger partial charge in [-0.2, -0.15) is 0 Å². The third-order valence-electron chi connectivity index (χ3n) is 5.03. The zero-order chi connectivity index (χ0) is 17.7. The molecule has 2 heterocycles. The number of aliphatic hydroxyl groups is 1. The summed E-state index contributed by atoms with van der Waals surface area (Å²) in [5.74, 6) is 0.993. The van der Waals surface area contributed by atoms with Gasteiger partial charge >= 0.3 is 0 Å². The number of aromatic nitrogens is 4. The lowest BCUT2D eigenvalue weighted by Crippen LogP contribution is -2.18. The summed E-state index contributed by atoms with van der Waals surface area (Å²) in [6.45, 7) is 3.46. The van der Waals surface area contributed by atoms with Crippen LogP contribution in [-0.4, -0.2) is 36.6 Å². The zero-order valence-corrected chi connectivity index (χ0v) is 14.9. The number of aliphatic hydroxyl groups excluding tert-OH is 1. The fraction of sp³-hybridized carbons (Fsp3) is 0.444. The molecule has 1 N–H and O–H groups in total. The van der Waals surface area contributed by atoms with Gasteiger partial charge in [-0.05, 0) is 43.9 Å². The Morgan fingerprint density at radius 1 is 1.40 bits per heavy atom. The molecule has 130 valence electrons. The summed E-state index contributed by atoms with van der Waals surface area (Å²) < 4.78 is 1.98. The van der Waals surface area contributed by atoms with E-state index in [9.17, 15) is 9.90 Å². The molecule has 1 saturated carbocycles. The largest absolute Gasteiger partial charge is 0.385 e. The van der Waals surface area contributed by atoms with Crippen molar-refractivity contribution in [1.82, 2.24) is 19.6 Å². The number of ketones is 1. The van der Waals surface area contributed by atoms with Crippen molar-refractivity contribution in [2.75, 3.05) is 0 Å². The molecule has 0 bridgehead atoms. The van der Waals surface area contributed by atoms with Crippen molar-refractivity contribution in [2.45, 2.75) is 51.6 Å². The Hall–Kier alpha value is -2.05. The second kappa shape index (κ2) is 6.04. The highest BCUT2D eigenvalue weighted by Crippen LogP contribution is 2.37. The average molecular weight is 359 g/mol. The number of fused-ring (bicyclic) bond motifs is 3. The number of nitrogens with zero attached hydrogens (tertiary/aromatic N) is 4. The fourth-order valence-electron chi connectivity index (χ4n) is 3.39. The van der Waals surface area contributed by atoms with Gasteiger partial charge in [0, 0.05) is 11.5 Å². The van der Waals surface area contributed by atoms with Crippen molar-refractivity contribution in [1.29, 1.82) is 0 Å². The van der Waals surface area contributed by atoms with Crippen LogP contribution in [-0.2, 0) is 6.42 Å². The molecule has 0 aliphatic heterocycles. The van der Waals surface area contributed by atoms with Crippen LogP contribution in [0.1, 0.15) is 60.8 Å².